The van der Waals surface area contributed by atoms with Gasteiger partial charge >= 0.3 is 17.9 Å². The molecule has 0 saturated carbocycles. The molecule has 71 heavy (non-hydrogen) atoms. The molecule has 2 aromatic carbocycles. The van der Waals surface area contributed by atoms with E-state index in [0.29, 0.717) is 5.56 Å². The summed E-state index contributed by atoms with van der Waals surface area (Å²) in [6.45, 7) is -0.114. The first-order valence-electron chi connectivity index (χ1n) is 21.6. The number of carboxylic acids is 1. The van der Waals surface area contributed by atoms with Gasteiger partial charge < -0.3 is 108 Å². The Labute approximate surface area is 400 Å². The number of rotatable bonds is 16. The van der Waals surface area contributed by atoms with Crippen molar-refractivity contribution in [3.05, 3.63) is 82.5 Å². The molecule has 25 heteroatoms. The molecular formula is C46H51O25+. The number of aromatic hydroxyl groups is 2. The number of aliphatic carboxylic acids is 1. The van der Waals surface area contributed by atoms with E-state index in [-0.39, 0.29) is 45.6 Å². The van der Waals surface area contributed by atoms with E-state index in [0.717, 1.165) is 18.2 Å². The summed E-state index contributed by atoms with van der Waals surface area (Å²) in [5.41, 5.74) is -0.199. The monoisotopic (exact) mass is 1000 g/mol. The van der Waals surface area contributed by atoms with E-state index in [2.05, 4.69) is 0 Å². The number of aliphatic hydroxyl groups excluding tert-OH is 8. The second-order valence-corrected chi connectivity index (χ2v) is 16.5. The third kappa shape index (κ3) is 12.0. The SMILES string of the molecule is COc1cc(C=CC(=[OH+])OC[C@H]2O[C@@H](Oc3cc4c(O[C@@H]5O[C@H](COC(=O)CC(=O)O)[C@@H](O)[C@H](O)[C@H]5O)cc(=O)cc-4oc3-c3ccc(O)cc3)[C@H](O[C@@H]3O[C@@H](C)[C@H](O)[C@@H](O)[C@H]3O)[C@@H](O)[C@@H]2O)ccc1O. The van der Waals surface area contributed by atoms with Gasteiger partial charge in [-0.15, -0.1) is 0 Å². The predicted octanol–water partition coefficient (Wildman–Crippen LogP) is -1.69. The number of carboxylic acid groups (broad SMARTS) is 1. The lowest BCUT2D eigenvalue weighted by Gasteiger charge is -2.45. The number of ether oxygens (including phenoxy) is 9. The molecule has 0 unspecified atom stereocenters. The Kier molecular flexibility index (Phi) is 16.5. The van der Waals surface area contributed by atoms with E-state index in [1.54, 1.807) is 0 Å². The standard InChI is InChI=1S/C46H50O25/c1-18-34(54)37(57)40(60)44(65-18)71-43-39(59)36(56)30(16-63-32(52)10-4-19-3-9-24(49)27(11-19)62-2)70-46(43)68-28-14-23-25(66-42(28)20-5-7-21(47)8-6-20)12-22(48)13-26(23)67-45-41(61)38(58)35(55)29(69-45)17-64-33(53)15-31(50)51/h3-14,18,29-30,34-41,43-47,49,54-61H,15-17H2,1-2H3,(H,50,51)/p+1/t18-,29+,30+,34-,35+,36+,37+,38-,39-,40+,41+,43+,44-,45+,46+/m0/s1. The smallest absolute Gasteiger partial charge is 0.508 e. The van der Waals surface area contributed by atoms with Crippen LogP contribution in [-0.4, -0.2) is 191 Å². The molecule has 0 amide bonds. The minimum atomic E-state index is -2.02. The molecule has 25 nitrogen and oxygen atoms in total. The summed E-state index contributed by atoms with van der Waals surface area (Å²) in [6, 6.07) is 12.8. The Balaban J connectivity index is 1.24. The molecule has 3 fully saturated rings. The van der Waals surface area contributed by atoms with E-state index in [1.807, 2.05) is 0 Å². The largest absolute Gasteiger partial charge is 0.510 e. The highest BCUT2D eigenvalue weighted by Gasteiger charge is 2.52. The number of carbonyl (C=O) groups is 2. The Morgan fingerprint density at radius 2 is 1.32 bits per heavy atom. The molecule has 2 aromatic rings. The van der Waals surface area contributed by atoms with Crippen LogP contribution in [0, 0.1) is 0 Å². The minimum Gasteiger partial charge on any atom is -0.508 e. The number of hydrogen-bond acceptors (Lipinski definition) is 23. The zero-order valence-electron chi connectivity index (χ0n) is 37.4. The summed E-state index contributed by atoms with van der Waals surface area (Å²) in [5, 5.41) is 116. The number of phenols is 2. The second kappa shape index (κ2) is 22.3. The van der Waals surface area contributed by atoms with Crippen molar-refractivity contribution in [3.8, 4) is 51.4 Å². The lowest BCUT2D eigenvalue weighted by molar-refractivity contribution is -0.354. The molecule has 384 valence electrons. The summed E-state index contributed by atoms with van der Waals surface area (Å²) in [4.78, 5) is 46.7. The maximum Gasteiger partial charge on any atom is 0.510 e. The quantitative estimate of drug-likeness (QED) is 0.0258. The zero-order chi connectivity index (χ0) is 51.4. The zero-order valence-corrected chi connectivity index (χ0v) is 37.4. The number of methoxy groups -OCH3 is 1. The van der Waals surface area contributed by atoms with Crippen molar-refractivity contribution in [2.45, 2.75) is 105 Å². The van der Waals surface area contributed by atoms with E-state index in [1.165, 1.54) is 68.6 Å². The van der Waals surface area contributed by atoms with Gasteiger partial charge in [0.2, 0.25) is 19.2 Å². The lowest BCUT2D eigenvalue weighted by atomic mass is 9.97. The number of fused-ring (bicyclic) bond motifs is 1. The van der Waals surface area contributed by atoms with Crippen LogP contribution in [0.4, 0.5) is 0 Å². The summed E-state index contributed by atoms with van der Waals surface area (Å²) in [5.74, 6) is -4.72. The minimum absolute atomic E-state index is 0.119. The average Bonchev–Trinajstić information content (AvgIpc) is 3.33. The van der Waals surface area contributed by atoms with Crippen molar-refractivity contribution >= 4 is 24.0 Å². The van der Waals surface area contributed by atoms with E-state index >= 15 is 0 Å². The first kappa shape index (κ1) is 52.4. The fraction of sp³-hybridized carbons (Fsp3) is 0.435. The number of phenolic OH excluding ortho intramolecular Hbond substituents is 2. The third-order valence-corrected chi connectivity index (χ3v) is 11.5. The first-order chi connectivity index (χ1) is 33.7. The van der Waals surface area contributed by atoms with Gasteiger partial charge in [-0.1, -0.05) is 6.07 Å². The van der Waals surface area contributed by atoms with Crippen LogP contribution in [0.25, 0.3) is 28.7 Å². The van der Waals surface area contributed by atoms with Crippen LogP contribution in [0.2, 0.25) is 0 Å². The number of hydrogen-bond donors (Lipinski definition) is 11. The van der Waals surface area contributed by atoms with Crippen LogP contribution >= 0.6 is 0 Å². The van der Waals surface area contributed by atoms with Gasteiger partial charge in [-0.05, 0) is 61.0 Å². The van der Waals surface area contributed by atoms with Gasteiger partial charge in [0, 0.05) is 17.7 Å². The third-order valence-electron chi connectivity index (χ3n) is 11.5. The van der Waals surface area contributed by atoms with Crippen molar-refractivity contribution in [3.63, 3.8) is 0 Å². The Morgan fingerprint density at radius 1 is 0.690 bits per heavy atom. The molecule has 12 N–H and O–H groups in total. The molecule has 1 aliphatic carbocycles. The van der Waals surface area contributed by atoms with Gasteiger partial charge in [-0.2, -0.15) is 0 Å². The lowest BCUT2D eigenvalue weighted by Crippen LogP contribution is -2.64. The maximum atomic E-state index is 13.2. The van der Waals surface area contributed by atoms with Crippen LogP contribution in [0.15, 0.2) is 76.0 Å². The van der Waals surface area contributed by atoms with Crippen LogP contribution in [-0.2, 0) is 38.0 Å². The van der Waals surface area contributed by atoms with Gasteiger partial charge in [0.15, 0.2) is 46.9 Å². The van der Waals surface area contributed by atoms with E-state index in [4.69, 9.17) is 52.2 Å². The molecule has 4 aliphatic heterocycles. The molecule has 7 rings (SSSR count). The van der Waals surface area contributed by atoms with Crippen molar-refractivity contribution < 1.29 is 118 Å². The van der Waals surface area contributed by atoms with E-state index < -0.39 is 141 Å². The van der Waals surface area contributed by atoms with Crippen molar-refractivity contribution in [1.82, 2.24) is 0 Å². The van der Waals surface area contributed by atoms with Gasteiger partial charge in [-0.3, -0.25) is 14.4 Å². The Bertz CT molecular complexity index is 2560. The highest BCUT2D eigenvalue weighted by molar-refractivity contribution is 5.90. The fourth-order valence-corrected chi connectivity index (χ4v) is 7.66. The normalized spacial score (nSPS) is 30.9. The van der Waals surface area contributed by atoms with Crippen molar-refractivity contribution in [1.29, 1.82) is 0 Å². The van der Waals surface area contributed by atoms with Gasteiger partial charge in [0.1, 0.15) is 85.2 Å². The highest BCUT2D eigenvalue weighted by atomic mass is 16.8. The molecule has 0 aromatic heterocycles. The summed E-state index contributed by atoms with van der Waals surface area (Å²) >= 11 is 0. The second-order valence-electron chi connectivity index (χ2n) is 16.5. The number of carbonyl (C=O) groups excluding carboxylic acids is 2. The Morgan fingerprint density at radius 3 is 2.01 bits per heavy atom. The Hall–Kier alpha value is -6.46. The topological polar surface area (TPSA) is 391 Å². The van der Waals surface area contributed by atoms with Gasteiger partial charge in [-0.25, -0.2) is 0 Å². The maximum absolute atomic E-state index is 13.2. The number of benzene rings is 3. The van der Waals surface area contributed by atoms with Crippen LogP contribution in [0.3, 0.4) is 0 Å². The molecule has 0 radical (unpaired) electrons. The first-order valence-corrected chi connectivity index (χ1v) is 21.6. The predicted molar refractivity (Wildman–Crippen MR) is 234 cm³/mol. The van der Waals surface area contributed by atoms with Crippen molar-refractivity contribution in [2.75, 3.05) is 20.3 Å². The van der Waals surface area contributed by atoms with Crippen LogP contribution in [0.1, 0.15) is 18.9 Å². The summed E-state index contributed by atoms with van der Waals surface area (Å²) in [6.07, 6.45) is -25.4. The molecular weight excluding hydrogens is 952 g/mol. The summed E-state index contributed by atoms with van der Waals surface area (Å²) in [7, 11) is 1.34. The van der Waals surface area contributed by atoms with Gasteiger partial charge in [0.25, 0.3) is 0 Å². The molecule has 0 spiro atoms. The number of esters is 2. The highest BCUT2D eigenvalue weighted by Crippen LogP contribution is 2.43. The van der Waals surface area contributed by atoms with Crippen LogP contribution < -0.4 is 19.6 Å². The number of aliphatic hydroxyl groups is 8. The van der Waals surface area contributed by atoms with Gasteiger partial charge in [0.05, 0.1) is 24.9 Å². The molecule has 5 aliphatic rings. The summed E-state index contributed by atoms with van der Waals surface area (Å²) < 4.78 is 57.3. The fourth-order valence-electron chi connectivity index (χ4n) is 7.66. The van der Waals surface area contributed by atoms with E-state index in [9.17, 15) is 70.2 Å². The van der Waals surface area contributed by atoms with Crippen LogP contribution in [0.5, 0.6) is 28.7 Å². The molecule has 15 atom stereocenters. The molecule has 3 saturated heterocycles. The average molecular weight is 1000 g/mol. The molecule has 4 heterocycles. The molecule has 0 bridgehead atoms. The van der Waals surface area contributed by atoms with Crippen molar-refractivity contribution in [2.24, 2.45) is 0 Å².